The highest BCUT2D eigenvalue weighted by atomic mass is 19.2. The van der Waals surface area contributed by atoms with E-state index in [2.05, 4.69) is 6.92 Å². The molecule has 0 bridgehead atoms. The molecule has 1 fully saturated rings. The summed E-state index contributed by atoms with van der Waals surface area (Å²) in [7, 11) is 0. The van der Waals surface area contributed by atoms with Gasteiger partial charge in [0.2, 0.25) is 0 Å². The van der Waals surface area contributed by atoms with Crippen LogP contribution in [0.15, 0.2) is 18.2 Å². The first-order valence-electron chi connectivity index (χ1n) is 6.50. The van der Waals surface area contributed by atoms with Crippen LogP contribution in [0, 0.1) is 17.6 Å². The number of hydrogen-bond donors (Lipinski definition) is 1. The van der Waals surface area contributed by atoms with Crippen LogP contribution in [-0.4, -0.2) is 29.9 Å². The molecule has 1 heterocycles. The Hall–Kier alpha value is -1.49. The standard InChI is InChI=1S/C14H18F2N2O/c1-9-3-2-6-18(13(9)8-17)14(19)10-4-5-11(15)12(16)7-10/h4-5,7,9,13H,2-3,6,8,17H2,1H3. The summed E-state index contributed by atoms with van der Waals surface area (Å²) in [5.41, 5.74) is 5.90. The first-order valence-corrected chi connectivity index (χ1v) is 6.50. The van der Waals surface area contributed by atoms with Crippen molar-refractivity contribution in [2.24, 2.45) is 11.7 Å². The fraction of sp³-hybridized carbons (Fsp3) is 0.500. The molecule has 104 valence electrons. The van der Waals surface area contributed by atoms with E-state index in [0.717, 1.165) is 25.0 Å². The molecule has 2 atom stereocenters. The zero-order valence-corrected chi connectivity index (χ0v) is 10.9. The number of halogens is 2. The molecule has 3 nitrogen and oxygen atoms in total. The second kappa shape index (κ2) is 5.65. The minimum atomic E-state index is -1.000. The lowest BCUT2D eigenvalue weighted by molar-refractivity contribution is 0.0532. The maximum absolute atomic E-state index is 13.2. The molecule has 0 aliphatic carbocycles. The fourth-order valence-electron chi connectivity index (χ4n) is 2.66. The van der Waals surface area contributed by atoms with Crippen molar-refractivity contribution < 1.29 is 13.6 Å². The zero-order chi connectivity index (χ0) is 14.0. The van der Waals surface area contributed by atoms with Gasteiger partial charge >= 0.3 is 0 Å². The number of carbonyl (C=O) groups is 1. The van der Waals surface area contributed by atoms with E-state index in [0.29, 0.717) is 19.0 Å². The van der Waals surface area contributed by atoms with Crippen LogP contribution in [0.25, 0.3) is 0 Å². The summed E-state index contributed by atoms with van der Waals surface area (Å²) in [5.74, 6) is -1.90. The Morgan fingerprint density at radius 2 is 2.16 bits per heavy atom. The van der Waals surface area contributed by atoms with E-state index >= 15 is 0 Å². The largest absolute Gasteiger partial charge is 0.334 e. The van der Waals surface area contributed by atoms with Gasteiger partial charge in [0.05, 0.1) is 0 Å². The summed E-state index contributed by atoms with van der Waals surface area (Å²) >= 11 is 0. The second-order valence-corrected chi connectivity index (χ2v) is 5.05. The number of hydrogen-bond acceptors (Lipinski definition) is 2. The molecule has 1 aliphatic heterocycles. The Morgan fingerprint density at radius 3 is 2.79 bits per heavy atom. The Labute approximate surface area is 111 Å². The molecule has 1 aliphatic rings. The summed E-state index contributed by atoms with van der Waals surface area (Å²) < 4.78 is 26.1. The molecule has 19 heavy (non-hydrogen) atoms. The molecule has 5 heteroatoms. The molecule has 0 aromatic heterocycles. The third-order valence-corrected chi connectivity index (χ3v) is 3.78. The van der Waals surface area contributed by atoms with Crippen molar-refractivity contribution in [1.82, 2.24) is 4.90 Å². The number of piperidine rings is 1. The topological polar surface area (TPSA) is 46.3 Å². The molecule has 1 aromatic carbocycles. The van der Waals surface area contributed by atoms with E-state index < -0.39 is 11.6 Å². The monoisotopic (exact) mass is 268 g/mol. The Morgan fingerprint density at radius 1 is 1.42 bits per heavy atom. The molecule has 2 rings (SSSR count). The first-order chi connectivity index (χ1) is 9.04. The van der Waals surface area contributed by atoms with Gasteiger partial charge in [-0.15, -0.1) is 0 Å². The molecule has 0 spiro atoms. The summed E-state index contributed by atoms with van der Waals surface area (Å²) in [4.78, 5) is 14.0. The van der Waals surface area contributed by atoms with Gasteiger partial charge in [-0.25, -0.2) is 8.78 Å². The van der Waals surface area contributed by atoms with Crippen molar-refractivity contribution in [3.63, 3.8) is 0 Å². The molecule has 1 amide bonds. The zero-order valence-electron chi connectivity index (χ0n) is 10.9. The van der Waals surface area contributed by atoms with Crippen LogP contribution >= 0.6 is 0 Å². The van der Waals surface area contributed by atoms with Crippen molar-refractivity contribution in [2.45, 2.75) is 25.8 Å². The van der Waals surface area contributed by atoms with Crippen LogP contribution in [0.2, 0.25) is 0 Å². The Bertz CT molecular complexity index is 479. The number of rotatable bonds is 2. The quantitative estimate of drug-likeness (QED) is 0.893. The molecule has 2 N–H and O–H groups in total. The third-order valence-electron chi connectivity index (χ3n) is 3.78. The van der Waals surface area contributed by atoms with E-state index in [-0.39, 0.29) is 17.5 Å². The number of nitrogens with two attached hydrogens (primary N) is 1. The lowest BCUT2D eigenvalue weighted by atomic mass is 9.90. The molecule has 0 saturated carbocycles. The van der Waals surface area contributed by atoms with Crippen LogP contribution in [0.1, 0.15) is 30.1 Å². The Balaban J connectivity index is 2.24. The second-order valence-electron chi connectivity index (χ2n) is 5.05. The van der Waals surface area contributed by atoms with Crippen molar-refractivity contribution in [1.29, 1.82) is 0 Å². The highest BCUT2D eigenvalue weighted by molar-refractivity contribution is 5.94. The molecular weight excluding hydrogens is 250 g/mol. The van der Waals surface area contributed by atoms with Crippen LogP contribution in [-0.2, 0) is 0 Å². The van der Waals surface area contributed by atoms with Gasteiger partial charge in [0.25, 0.3) is 5.91 Å². The summed E-state index contributed by atoms with van der Waals surface area (Å²) in [6.45, 7) is 3.06. The average Bonchev–Trinajstić information content (AvgIpc) is 2.40. The minimum Gasteiger partial charge on any atom is -0.334 e. The van der Waals surface area contributed by atoms with Crippen LogP contribution in [0.5, 0.6) is 0 Å². The van der Waals surface area contributed by atoms with Crippen LogP contribution in [0.3, 0.4) is 0 Å². The lowest BCUT2D eigenvalue weighted by Gasteiger charge is -2.39. The summed E-state index contributed by atoms with van der Waals surface area (Å²) in [6.07, 6.45) is 1.94. The van der Waals surface area contributed by atoms with Gasteiger partial charge in [0.15, 0.2) is 11.6 Å². The molecule has 2 unspecified atom stereocenters. The van der Waals surface area contributed by atoms with E-state index in [1.807, 2.05) is 0 Å². The van der Waals surface area contributed by atoms with Gasteiger partial charge < -0.3 is 10.6 Å². The number of nitrogens with zero attached hydrogens (tertiary/aromatic N) is 1. The number of amides is 1. The highest BCUT2D eigenvalue weighted by Gasteiger charge is 2.31. The van der Waals surface area contributed by atoms with Crippen molar-refractivity contribution >= 4 is 5.91 Å². The smallest absolute Gasteiger partial charge is 0.254 e. The van der Waals surface area contributed by atoms with Gasteiger partial charge in [0, 0.05) is 24.7 Å². The van der Waals surface area contributed by atoms with E-state index in [9.17, 15) is 13.6 Å². The SMILES string of the molecule is CC1CCCN(C(=O)c2ccc(F)c(F)c2)C1CN. The maximum atomic E-state index is 13.2. The average molecular weight is 268 g/mol. The number of benzene rings is 1. The van der Waals surface area contributed by atoms with Gasteiger partial charge in [0.1, 0.15) is 0 Å². The van der Waals surface area contributed by atoms with Crippen molar-refractivity contribution in [3.8, 4) is 0 Å². The normalized spacial score (nSPS) is 23.5. The molecule has 1 aromatic rings. The molecular formula is C14H18F2N2O. The van der Waals surface area contributed by atoms with E-state index in [1.54, 1.807) is 4.90 Å². The fourth-order valence-corrected chi connectivity index (χ4v) is 2.66. The predicted molar refractivity (Wildman–Crippen MR) is 68.6 cm³/mol. The predicted octanol–water partition coefficient (Wildman–Crippen LogP) is 2.16. The van der Waals surface area contributed by atoms with Crippen molar-refractivity contribution in [2.75, 3.05) is 13.1 Å². The van der Waals surface area contributed by atoms with Crippen LogP contribution in [0.4, 0.5) is 8.78 Å². The molecule has 1 saturated heterocycles. The van der Waals surface area contributed by atoms with Crippen LogP contribution < -0.4 is 5.73 Å². The molecule has 0 radical (unpaired) electrons. The lowest BCUT2D eigenvalue weighted by Crippen LogP contribution is -2.51. The maximum Gasteiger partial charge on any atom is 0.254 e. The van der Waals surface area contributed by atoms with Gasteiger partial charge in [-0.05, 0) is 37.0 Å². The highest BCUT2D eigenvalue weighted by Crippen LogP contribution is 2.24. The number of likely N-dealkylation sites (tertiary alicyclic amines) is 1. The number of carbonyl (C=O) groups excluding carboxylic acids is 1. The van der Waals surface area contributed by atoms with Gasteiger partial charge in [-0.1, -0.05) is 6.92 Å². The summed E-state index contributed by atoms with van der Waals surface area (Å²) in [6, 6.07) is 3.21. The van der Waals surface area contributed by atoms with E-state index in [4.69, 9.17) is 5.73 Å². The Kier molecular flexibility index (Phi) is 4.14. The van der Waals surface area contributed by atoms with Gasteiger partial charge in [-0.3, -0.25) is 4.79 Å². The van der Waals surface area contributed by atoms with E-state index in [1.165, 1.54) is 6.07 Å². The summed E-state index contributed by atoms with van der Waals surface area (Å²) in [5, 5.41) is 0. The third kappa shape index (κ3) is 2.76. The minimum absolute atomic E-state index is 0.0330. The van der Waals surface area contributed by atoms with Gasteiger partial charge in [-0.2, -0.15) is 0 Å². The first kappa shape index (κ1) is 13.9. The van der Waals surface area contributed by atoms with Crippen molar-refractivity contribution in [3.05, 3.63) is 35.4 Å².